The lowest BCUT2D eigenvalue weighted by Gasteiger charge is -1.90. The summed E-state index contributed by atoms with van der Waals surface area (Å²) in [4.78, 5) is 8.93. The fraction of sp³-hybridized carbons (Fsp3) is 0.154. The quantitative estimate of drug-likeness (QED) is 0.674. The van der Waals surface area contributed by atoms with Crippen molar-refractivity contribution in [2.24, 2.45) is 0 Å². The molecule has 3 rings (SSSR count). The van der Waals surface area contributed by atoms with Crippen molar-refractivity contribution >= 4 is 11.8 Å². The van der Waals surface area contributed by atoms with Crippen LogP contribution in [-0.2, 0) is 5.75 Å². The van der Waals surface area contributed by atoms with E-state index >= 15 is 0 Å². The lowest BCUT2D eigenvalue weighted by atomic mass is 10.3. The van der Waals surface area contributed by atoms with E-state index in [-0.39, 0.29) is 0 Å². The molecule has 0 unspecified atom stereocenters. The second kappa shape index (κ2) is 4.78. The molecule has 5 heteroatoms. The Kier molecular flexibility index (Phi) is 2.98. The fourth-order valence-electron chi connectivity index (χ4n) is 1.63. The van der Waals surface area contributed by atoms with E-state index in [1.165, 1.54) is 0 Å². The highest BCUT2D eigenvalue weighted by Gasteiger charge is 2.10. The maximum absolute atomic E-state index is 5.15. The lowest BCUT2D eigenvalue weighted by molar-refractivity contribution is 0.391. The van der Waals surface area contributed by atoms with Gasteiger partial charge in [0, 0.05) is 6.07 Å². The molecule has 0 amide bonds. The number of hydrogen-bond acceptors (Lipinski definition) is 5. The van der Waals surface area contributed by atoms with E-state index < -0.39 is 0 Å². The van der Waals surface area contributed by atoms with Crippen molar-refractivity contribution in [3.63, 3.8) is 0 Å². The summed E-state index contributed by atoms with van der Waals surface area (Å²) in [6.45, 7) is 1.91. The van der Waals surface area contributed by atoms with Gasteiger partial charge in [-0.05, 0) is 19.1 Å². The van der Waals surface area contributed by atoms with Crippen LogP contribution in [0.5, 0.6) is 0 Å². The first kappa shape index (κ1) is 11.2. The van der Waals surface area contributed by atoms with Gasteiger partial charge in [0.05, 0.1) is 22.8 Å². The Morgan fingerprint density at radius 2 is 1.83 bits per heavy atom. The molecular weight excluding hydrogens is 246 g/mol. The first-order valence-corrected chi connectivity index (χ1v) is 6.57. The van der Waals surface area contributed by atoms with Gasteiger partial charge in [-0.25, -0.2) is 9.97 Å². The van der Waals surface area contributed by atoms with Crippen molar-refractivity contribution < 1.29 is 4.52 Å². The van der Waals surface area contributed by atoms with Gasteiger partial charge in [-0.3, -0.25) is 0 Å². The summed E-state index contributed by atoms with van der Waals surface area (Å²) in [6, 6.07) is 11.7. The monoisotopic (exact) mass is 257 g/mol. The van der Waals surface area contributed by atoms with Gasteiger partial charge < -0.3 is 4.52 Å². The summed E-state index contributed by atoms with van der Waals surface area (Å²) in [7, 11) is 0. The van der Waals surface area contributed by atoms with Gasteiger partial charge in [0.1, 0.15) is 5.76 Å². The molecule has 0 aromatic carbocycles. The minimum atomic E-state index is 0.698. The third-order valence-corrected chi connectivity index (χ3v) is 3.31. The predicted molar refractivity (Wildman–Crippen MR) is 69.5 cm³/mol. The number of hydrogen-bond donors (Lipinski definition) is 0. The minimum Gasteiger partial charge on any atom is -0.360 e. The van der Waals surface area contributed by atoms with Crippen molar-refractivity contribution in [3.05, 3.63) is 47.9 Å². The topological polar surface area (TPSA) is 51.8 Å². The van der Waals surface area contributed by atoms with Gasteiger partial charge >= 0.3 is 0 Å². The molecule has 90 valence electrons. The Labute approximate surface area is 109 Å². The second-order valence-corrected chi connectivity index (χ2v) is 4.85. The largest absolute Gasteiger partial charge is 0.360 e. The Bertz CT molecular complexity index is 607. The van der Waals surface area contributed by atoms with Crippen LogP contribution in [0.15, 0.2) is 46.1 Å². The van der Waals surface area contributed by atoms with Crippen LogP contribution in [0.4, 0.5) is 0 Å². The van der Waals surface area contributed by atoms with Crippen LogP contribution in [0.3, 0.4) is 0 Å². The Balaban J connectivity index is 1.77. The molecule has 0 fully saturated rings. The smallest absolute Gasteiger partial charge is 0.189 e. The Morgan fingerprint density at radius 1 is 1.11 bits per heavy atom. The minimum absolute atomic E-state index is 0.698. The van der Waals surface area contributed by atoms with Crippen LogP contribution >= 0.6 is 11.8 Å². The molecule has 18 heavy (non-hydrogen) atoms. The number of imidazole rings is 1. The van der Waals surface area contributed by atoms with E-state index in [0.29, 0.717) is 5.75 Å². The Morgan fingerprint density at radius 3 is 2.44 bits per heavy atom. The molecule has 1 aromatic rings. The van der Waals surface area contributed by atoms with Gasteiger partial charge in [0.25, 0.3) is 0 Å². The summed E-state index contributed by atoms with van der Waals surface area (Å²) in [5.41, 5.74) is 2.72. The van der Waals surface area contributed by atoms with Crippen molar-refractivity contribution in [3.8, 4) is 11.4 Å². The summed E-state index contributed by atoms with van der Waals surface area (Å²) < 4.78 is 5.15. The highest BCUT2D eigenvalue weighted by Crippen LogP contribution is 2.25. The molecule has 0 saturated carbocycles. The summed E-state index contributed by atoms with van der Waals surface area (Å²) in [5, 5.41) is 4.62. The number of aromatic nitrogens is 3. The van der Waals surface area contributed by atoms with Crippen LogP contribution in [0.25, 0.3) is 11.4 Å². The first-order valence-electron chi connectivity index (χ1n) is 5.59. The molecule has 2 aliphatic rings. The molecule has 0 radical (unpaired) electrons. The fourth-order valence-corrected chi connectivity index (χ4v) is 2.37. The Hall–Kier alpha value is -1.88. The van der Waals surface area contributed by atoms with E-state index in [1.807, 2.05) is 43.3 Å². The highest BCUT2D eigenvalue weighted by molar-refractivity contribution is 7.98. The van der Waals surface area contributed by atoms with Crippen molar-refractivity contribution in [1.29, 1.82) is 0 Å². The molecule has 0 N–H and O–H groups in total. The van der Waals surface area contributed by atoms with E-state index in [4.69, 9.17) is 4.52 Å². The third kappa shape index (κ3) is 2.36. The third-order valence-electron chi connectivity index (χ3n) is 2.45. The van der Waals surface area contributed by atoms with Gasteiger partial charge in [0.15, 0.2) is 5.16 Å². The number of aryl methyl sites for hydroxylation is 1. The van der Waals surface area contributed by atoms with E-state index in [0.717, 1.165) is 28.0 Å². The van der Waals surface area contributed by atoms with E-state index in [1.54, 1.807) is 11.8 Å². The number of thioether (sulfide) groups is 1. The molecule has 1 aliphatic heterocycles. The average Bonchev–Trinajstić information content (AvgIpc) is 2.88. The zero-order chi connectivity index (χ0) is 12.4. The first-order chi connectivity index (χ1) is 8.81. The predicted octanol–water partition coefficient (Wildman–Crippen LogP) is 3.17. The van der Waals surface area contributed by atoms with Gasteiger partial charge in [-0.15, -0.1) is 0 Å². The SMILES string of the molecule is Cc1cc(CSc2nc3cccccc-3n2)on1. The zero-order valence-corrected chi connectivity index (χ0v) is 10.6. The molecular formula is C13H11N3OS. The van der Waals surface area contributed by atoms with Gasteiger partial charge in [-0.2, -0.15) is 0 Å². The molecule has 2 heterocycles. The maximum Gasteiger partial charge on any atom is 0.189 e. The van der Waals surface area contributed by atoms with Crippen molar-refractivity contribution in [2.75, 3.05) is 0 Å². The lowest BCUT2D eigenvalue weighted by Crippen LogP contribution is -1.77. The van der Waals surface area contributed by atoms with E-state index in [9.17, 15) is 0 Å². The molecule has 0 atom stereocenters. The van der Waals surface area contributed by atoms with Crippen molar-refractivity contribution in [2.45, 2.75) is 17.8 Å². The van der Waals surface area contributed by atoms with Crippen LogP contribution < -0.4 is 0 Å². The van der Waals surface area contributed by atoms with Crippen LogP contribution in [0.1, 0.15) is 11.5 Å². The van der Waals surface area contributed by atoms with Crippen LogP contribution in [0.2, 0.25) is 0 Å². The molecule has 0 bridgehead atoms. The maximum atomic E-state index is 5.15. The summed E-state index contributed by atoms with van der Waals surface area (Å²) >= 11 is 1.55. The van der Waals surface area contributed by atoms with Crippen LogP contribution in [-0.4, -0.2) is 15.1 Å². The molecule has 1 aliphatic carbocycles. The second-order valence-electron chi connectivity index (χ2n) is 3.91. The standard InChI is InChI=1S/C13H11N3OS/c1-9-7-10(17-16-9)8-18-13-14-11-5-3-2-4-6-12(11)15-13/h2-7H,8H2,1H3. The van der Waals surface area contributed by atoms with E-state index in [2.05, 4.69) is 15.1 Å². The molecule has 4 nitrogen and oxygen atoms in total. The summed E-state index contributed by atoms with van der Waals surface area (Å²) in [6.07, 6.45) is 0. The molecule has 1 aromatic heterocycles. The van der Waals surface area contributed by atoms with Gasteiger partial charge in [-0.1, -0.05) is 35.1 Å². The molecule has 0 spiro atoms. The normalized spacial score (nSPS) is 10.9. The highest BCUT2D eigenvalue weighted by atomic mass is 32.2. The average molecular weight is 257 g/mol. The van der Waals surface area contributed by atoms with Crippen LogP contribution in [0, 0.1) is 6.92 Å². The molecule has 0 saturated heterocycles. The number of rotatable bonds is 3. The number of fused-ring (bicyclic) bond motifs is 1. The number of nitrogens with zero attached hydrogens (tertiary/aromatic N) is 3. The zero-order valence-electron chi connectivity index (χ0n) is 9.83. The van der Waals surface area contributed by atoms with Crippen molar-refractivity contribution in [1.82, 2.24) is 15.1 Å². The van der Waals surface area contributed by atoms with Gasteiger partial charge in [0.2, 0.25) is 0 Å². The summed E-state index contributed by atoms with van der Waals surface area (Å²) in [5.74, 6) is 1.54.